The van der Waals surface area contributed by atoms with Gasteiger partial charge in [-0.25, -0.2) is 13.1 Å². The van der Waals surface area contributed by atoms with Gasteiger partial charge in [0.1, 0.15) is 5.75 Å². The van der Waals surface area contributed by atoms with Gasteiger partial charge in [-0.2, -0.15) is 0 Å². The van der Waals surface area contributed by atoms with Gasteiger partial charge in [0.25, 0.3) is 0 Å². The molecule has 7 heteroatoms. The minimum atomic E-state index is -3.61. The highest BCUT2D eigenvalue weighted by Crippen LogP contribution is 2.34. The van der Waals surface area contributed by atoms with Crippen LogP contribution in [0.4, 0.5) is 0 Å². The van der Waals surface area contributed by atoms with Crippen LogP contribution < -0.4 is 9.46 Å². The summed E-state index contributed by atoms with van der Waals surface area (Å²) in [7, 11) is -3.61. The van der Waals surface area contributed by atoms with Crippen molar-refractivity contribution in [3.8, 4) is 5.75 Å². The van der Waals surface area contributed by atoms with E-state index in [1.165, 1.54) is 25.0 Å². The number of carbonyl (C=O) groups is 1. The summed E-state index contributed by atoms with van der Waals surface area (Å²) in [6.45, 7) is 2.54. The smallest absolute Gasteiger partial charge is 0.240 e. The van der Waals surface area contributed by atoms with Crippen molar-refractivity contribution >= 4 is 15.9 Å². The van der Waals surface area contributed by atoms with Gasteiger partial charge in [-0.05, 0) is 56.9 Å². The molecule has 3 rings (SSSR count). The maximum atomic E-state index is 12.6. The van der Waals surface area contributed by atoms with Crippen LogP contribution in [0.2, 0.25) is 0 Å². The van der Waals surface area contributed by atoms with Crippen LogP contribution in [-0.4, -0.2) is 44.5 Å². The Balaban J connectivity index is 1.53. The van der Waals surface area contributed by atoms with Crippen molar-refractivity contribution < 1.29 is 17.9 Å². The first-order valence-electron chi connectivity index (χ1n) is 9.55. The average Bonchev–Trinajstić information content (AvgIpc) is 3.29. The predicted octanol–water partition coefficient (Wildman–Crippen LogP) is 2.69. The van der Waals surface area contributed by atoms with Gasteiger partial charge in [0.2, 0.25) is 15.9 Å². The topological polar surface area (TPSA) is 75.7 Å². The van der Waals surface area contributed by atoms with Gasteiger partial charge in [-0.1, -0.05) is 12.8 Å². The molecule has 1 amide bonds. The number of sulfonamides is 1. The van der Waals surface area contributed by atoms with Crippen molar-refractivity contribution in [1.82, 2.24) is 9.62 Å². The molecule has 1 aromatic rings. The van der Waals surface area contributed by atoms with Gasteiger partial charge in [-0.15, -0.1) is 0 Å². The van der Waals surface area contributed by atoms with Gasteiger partial charge in [0, 0.05) is 25.0 Å². The summed E-state index contributed by atoms with van der Waals surface area (Å²) in [5.74, 6) is 0.715. The van der Waals surface area contributed by atoms with Crippen LogP contribution in [0.15, 0.2) is 29.2 Å². The zero-order chi connectivity index (χ0) is 18.6. The second-order valence-corrected chi connectivity index (χ2v) is 8.79. The molecule has 1 N–H and O–H groups in total. The molecule has 26 heavy (non-hydrogen) atoms. The molecule has 0 bridgehead atoms. The van der Waals surface area contributed by atoms with Crippen LogP contribution in [0.1, 0.15) is 51.9 Å². The van der Waals surface area contributed by atoms with E-state index in [1.807, 2.05) is 11.8 Å². The number of ether oxygens (including phenoxy) is 1. The van der Waals surface area contributed by atoms with Crippen LogP contribution in [0, 0.1) is 0 Å². The van der Waals surface area contributed by atoms with E-state index in [1.54, 1.807) is 12.1 Å². The molecular formula is C19H28N2O4S. The molecule has 0 aliphatic heterocycles. The molecule has 0 saturated heterocycles. The summed E-state index contributed by atoms with van der Waals surface area (Å²) in [6, 6.07) is 7.05. The van der Waals surface area contributed by atoms with Gasteiger partial charge in [-0.3, -0.25) is 4.79 Å². The van der Waals surface area contributed by atoms with E-state index in [0.29, 0.717) is 24.4 Å². The highest BCUT2D eigenvalue weighted by atomic mass is 32.2. The second-order valence-electron chi connectivity index (χ2n) is 7.02. The Hall–Kier alpha value is -1.60. The van der Waals surface area contributed by atoms with Crippen LogP contribution in [0.5, 0.6) is 5.75 Å². The Morgan fingerprint density at radius 3 is 2.31 bits per heavy atom. The highest BCUT2D eigenvalue weighted by molar-refractivity contribution is 7.89. The Morgan fingerprint density at radius 2 is 1.73 bits per heavy atom. The fourth-order valence-electron chi connectivity index (χ4n) is 3.63. The molecule has 0 radical (unpaired) electrons. The number of benzene rings is 1. The van der Waals surface area contributed by atoms with Crippen molar-refractivity contribution in [3.05, 3.63) is 24.3 Å². The molecule has 1 aromatic carbocycles. The lowest BCUT2D eigenvalue weighted by Gasteiger charge is -2.29. The Labute approximate surface area is 156 Å². The first kappa shape index (κ1) is 19.2. The molecule has 2 aliphatic rings. The third kappa shape index (κ3) is 4.76. The molecule has 6 nitrogen and oxygen atoms in total. The maximum absolute atomic E-state index is 12.6. The van der Waals surface area contributed by atoms with E-state index in [4.69, 9.17) is 4.74 Å². The number of hydrogen-bond donors (Lipinski definition) is 1. The monoisotopic (exact) mass is 380 g/mol. The van der Waals surface area contributed by atoms with Crippen molar-refractivity contribution in [2.24, 2.45) is 0 Å². The number of carbonyl (C=O) groups excluding carboxylic acids is 1. The van der Waals surface area contributed by atoms with Gasteiger partial charge < -0.3 is 9.64 Å². The largest absolute Gasteiger partial charge is 0.494 e. The fourth-order valence-corrected chi connectivity index (χ4v) is 4.66. The molecule has 144 valence electrons. The highest BCUT2D eigenvalue weighted by Gasteiger charge is 2.37. The molecule has 0 atom stereocenters. The van der Waals surface area contributed by atoms with Crippen LogP contribution in [-0.2, 0) is 14.8 Å². The zero-order valence-electron chi connectivity index (χ0n) is 15.3. The molecule has 2 fully saturated rings. The maximum Gasteiger partial charge on any atom is 0.240 e. The minimum absolute atomic E-state index is 0.0776. The number of hydrogen-bond acceptors (Lipinski definition) is 4. The summed E-state index contributed by atoms with van der Waals surface area (Å²) in [6.07, 6.45) is 6.92. The average molecular weight is 381 g/mol. The number of amides is 1. The van der Waals surface area contributed by atoms with Crippen LogP contribution in [0.25, 0.3) is 0 Å². The first-order valence-corrected chi connectivity index (χ1v) is 11.0. The zero-order valence-corrected chi connectivity index (χ0v) is 16.1. The van der Waals surface area contributed by atoms with E-state index in [2.05, 4.69) is 4.72 Å². The van der Waals surface area contributed by atoms with E-state index >= 15 is 0 Å². The molecule has 0 spiro atoms. The molecule has 0 aromatic heterocycles. The van der Waals surface area contributed by atoms with Gasteiger partial charge in [0.15, 0.2) is 0 Å². The van der Waals surface area contributed by atoms with Gasteiger partial charge in [0.05, 0.1) is 11.5 Å². The predicted molar refractivity (Wildman–Crippen MR) is 99.5 cm³/mol. The summed E-state index contributed by atoms with van der Waals surface area (Å²) < 4.78 is 32.6. The molecule has 2 aliphatic carbocycles. The van der Waals surface area contributed by atoms with Crippen molar-refractivity contribution in [2.75, 3.05) is 13.2 Å². The lowest BCUT2D eigenvalue weighted by atomic mass is 10.2. The fraction of sp³-hybridized carbons (Fsp3) is 0.632. The van der Waals surface area contributed by atoms with E-state index in [-0.39, 0.29) is 23.8 Å². The second kappa shape index (κ2) is 8.39. The van der Waals surface area contributed by atoms with Crippen LogP contribution >= 0.6 is 0 Å². The lowest BCUT2D eigenvalue weighted by Crippen LogP contribution is -2.42. The summed E-state index contributed by atoms with van der Waals surface area (Å²) in [5.41, 5.74) is 0. The molecule has 0 heterocycles. The molecular weight excluding hydrogens is 352 g/mol. The minimum Gasteiger partial charge on any atom is -0.494 e. The first-order chi connectivity index (χ1) is 12.5. The van der Waals surface area contributed by atoms with Crippen molar-refractivity contribution in [3.63, 3.8) is 0 Å². The quantitative estimate of drug-likeness (QED) is 0.715. The number of nitrogens with one attached hydrogen (secondary N) is 1. The summed E-state index contributed by atoms with van der Waals surface area (Å²) in [5, 5.41) is 0. The SMILES string of the molecule is CCOc1ccc(S(=O)(=O)NCCC(=O)N(C2CCCC2)C2CC2)cc1. The van der Waals surface area contributed by atoms with Crippen molar-refractivity contribution in [2.45, 2.75) is 68.8 Å². The van der Waals surface area contributed by atoms with E-state index < -0.39 is 10.0 Å². The third-order valence-electron chi connectivity index (χ3n) is 5.02. The van der Waals surface area contributed by atoms with E-state index in [0.717, 1.165) is 25.7 Å². The van der Waals surface area contributed by atoms with Crippen molar-refractivity contribution in [1.29, 1.82) is 0 Å². The summed E-state index contributed by atoms with van der Waals surface area (Å²) >= 11 is 0. The number of nitrogens with zero attached hydrogens (tertiary/aromatic N) is 1. The lowest BCUT2D eigenvalue weighted by molar-refractivity contribution is -0.133. The van der Waals surface area contributed by atoms with E-state index in [9.17, 15) is 13.2 Å². The molecule has 2 saturated carbocycles. The number of rotatable bonds is 9. The summed E-state index contributed by atoms with van der Waals surface area (Å²) in [4.78, 5) is 14.8. The Kier molecular flexibility index (Phi) is 6.19. The van der Waals surface area contributed by atoms with Gasteiger partial charge >= 0.3 is 0 Å². The standard InChI is InChI=1S/C19H28N2O4S/c1-2-25-17-9-11-18(12-10-17)26(23,24)20-14-13-19(22)21(16-7-8-16)15-5-3-4-6-15/h9-12,15-16,20H,2-8,13-14H2,1H3. The third-order valence-corrected chi connectivity index (χ3v) is 6.50. The molecule has 0 unspecified atom stereocenters. The normalized spacial score (nSPS) is 18.0. The van der Waals surface area contributed by atoms with Crippen LogP contribution in [0.3, 0.4) is 0 Å². The Morgan fingerprint density at radius 1 is 1.12 bits per heavy atom. The Bertz CT molecular complexity index is 708.